The first-order valence-corrected chi connectivity index (χ1v) is 6.07. The first-order chi connectivity index (χ1) is 8.27. The van der Waals surface area contributed by atoms with E-state index in [2.05, 4.69) is 27.8 Å². The number of nitrogens with zero attached hydrogens (tertiary/aromatic N) is 2. The number of nitrogens with one attached hydrogen (secondary N) is 2. The number of aromatic nitrogens is 2. The lowest BCUT2D eigenvalue weighted by atomic mass is 10.2. The molecule has 0 aromatic carbocycles. The van der Waals surface area contributed by atoms with Crippen molar-refractivity contribution >= 4 is 11.7 Å². The van der Waals surface area contributed by atoms with Crippen LogP contribution in [0.15, 0.2) is 12.1 Å². The Hall–Kier alpha value is -1.65. The molecule has 5 heteroatoms. The molecule has 94 valence electrons. The zero-order valence-electron chi connectivity index (χ0n) is 10.5. The predicted octanol–water partition coefficient (Wildman–Crippen LogP) is 1.83. The van der Waals surface area contributed by atoms with E-state index >= 15 is 0 Å². The molecule has 1 rings (SSSR count). The molecule has 0 bridgehead atoms. The Morgan fingerprint density at radius 1 is 1.24 bits per heavy atom. The summed E-state index contributed by atoms with van der Waals surface area (Å²) in [6, 6.07) is 3.44. The van der Waals surface area contributed by atoms with Crippen LogP contribution in [0.4, 0.5) is 5.82 Å². The van der Waals surface area contributed by atoms with Gasteiger partial charge in [-0.2, -0.15) is 0 Å². The highest BCUT2D eigenvalue weighted by Crippen LogP contribution is 2.04. The van der Waals surface area contributed by atoms with Crippen LogP contribution in [-0.4, -0.2) is 29.7 Å². The Bertz CT molecular complexity index is 337. The summed E-state index contributed by atoms with van der Waals surface area (Å²) in [5, 5.41) is 13.5. The molecule has 1 heterocycles. The minimum atomic E-state index is -0.216. The molecule has 17 heavy (non-hydrogen) atoms. The molecule has 0 unspecified atom stereocenters. The lowest BCUT2D eigenvalue weighted by Crippen LogP contribution is -2.19. The second kappa shape index (κ2) is 7.60. The number of amides is 1. The topological polar surface area (TPSA) is 66.9 Å². The van der Waals surface area contributed by atoms with E-state index in [-0.39, 0.29) is 5.91 Å². The van der Waals surface area contributed by atoms with E-state index in [1.54, 1.807) is 19.2 Å². The predicted molar refractivity (Wildman–Crippen MR) is 68.1 cm³/mol. The van der Waals surface area contributed by atoms with E-state index < -0.39 is 0 Å². The maximum Gasteiger partial charge on any atom is 0.271 e. The Morgan fingerprint density at radius 2 is 2.06 bits per heavy atom. The van der Waals surface area contributed by atoms with Gasteiger partial charge in [-0.1, -0.05) is 26.2 Å². The van der Waals surface area contributed by atoms with E-state index in [1.165, 1.54) is 19.3 Å². The van der Waals surface area contributed by atoms with Gasteiger partial charge in [0, 0.05) is 13.6 Å². The monoisotopic (exact) mass is 236 g/mol. The summed E-state index contributed by atoms with van der Waals surface area (Å²) in [5.41, 5.74) is 0.337. The molecule has 0 aliphatic carbocycles. The van der Waals surface area contributed by atoms with Crippen molar-refractivity contribution in [2.24, 2.45) is 0 Å². The van der Waals surface area contributed by atoms with Gasteiger partial charge in [0.15, 0.2) is 5.69 Å². The lowest BCUT2D eigenvalue weighted by molar-refractivity contribution is 0.0957. The fraction of sp³-hybridized carbons (Fsp3) is 0.583. The molecule has 1 aromatic rings. The molecule has 1 amide bonds. The number of carbonyl (C=O) groups excluding carboxylic acids is 1. The molecule has 0 spiro atoms. The summed E-state index contributed by atoms with van der Waals surface area (Å²) < 4.78 is 0. The molecule has 0 fully saturated rings. The van der Waals surface area contributed by atoms with Gasteiger partial charge in [0.1, 0.15) is 5.82 Å². The number of anilines is 1. The van der Waals surface area contributed by atoms with Crippen LogP contribution >= 0.6 is 0 Å². The first-order valence-electron chi connectivity index (χ1n) is 6.07. The highest BCUT2D eigenvalue weighted by atomic mass is 16.1. The van der Waals surface area contributed by atoms with Crippen LogP contribution in [0.2, 0.25) is 0 Å². The van der Waals surface area contributed by atoms with Crippen molar-refractivity contribution in [1.29, 1.82) is 0 Å². The van der Waals surface area contributed by atoms with Gasteiger partial charge in [0.2, 0.25) is 0 Å². The van der Waals surface area contributed by atoms with Crippen molar-refractivity contribution in [3.63, 3.8) is 0 Å². The zero-order chi connectivity index (χ0) is 12.5. The van der Waals surface area contributed by atoms with Crippen molar-refractivity contribution in [3.05, 3.63) is 17.8 Å². The fourth-order valence-corrected chi connectivity index (χ4v) is 1.44. The van der Waals surface area contributed by atoms with E-state index in [1.807, 2.05) is 0 Å². The van der Waals surface area contributed by atoms with Gasteiger partial charge in [-0.05, 0) is 18.6 Å². The third kappa shape index (κ3) is 4.80. The summed E-state index contributed by atoms with van der Waals surface area (Å²) in [5.74, 6) is 0.501. The maximum atomic E-state index is 11.2. The van der Waals surface area contributed by atoms with Crippen LogP contribution in [0.25, 0.3) is 0 Å². The van der Waals surface area contributed by atoms with Gasteiger partial charge in [0.05, 0.1) is 0 Å². The van der Waals surface area contributed by atoms with Gasteiger partial charge in [-0.3, -0.25) is 4.79 Å². The smallest absolute Gasteiger partial charge is 0.271 e. The number of hydrogen-bond donors (Lipinski definition) is 2. The number of rotatable bonds is 7. The van der Waals surface area contributed by atoms with Crippen LogP contribution in [0, 0.1) is 0 Å². The summed E-state index contributed by atoms with van der Waals surface area (Å²) in [6.45, 7) is 3.09. The summed E-state index contributed by atoms with van der Waals surface area (Å²) >= 11 is 0. The Kier molecular flexibility index (Phi) is 5.99. The van der Waals surface area contributed by atoms with Crippen molar-refractivity contribution < 1.29 is 4.79 Å². The molecular weight excluding hydrogens is 216 g/mol. The van der Waals surface area contributed by atoms with E-state index in [0.29, 0.717) is 11.5 Å². The van der Waals surface area contributed by atoms with Gasteiger partial charge in [-0.25, -0.2) is 0 Å². The van der Waals surface area contributed by atoms with Gasteiger partial charge in [0.25, 0.3) is 5.91 Å². The second-order valence-corrected chi connectivity index (χ2v) is 3.87. The highest BCUT2D eigenvalue weighted by Gasteiger charge is 2.04. The number of unbranched alkanes of at least 4 members (excludes halogenated alkanes) is 3. The summed E-state index contributed by atoms with van der Waals surface area (Å²) in [4.78, 5) is 11.2. The molecule has 1 aromatic heterocycles. The van der Waals surface area contributed by atoms with Gasteiger partial charge >= 0.3 is 0 Å². The third-order valence-electron chi connectivity index (χ3n) is 2.46. The Morgan fingerprint density at radius 3 is 2.65 bits per heavy atom. The first kappa shape index (κ1) is 13.4. The van der Waals surface area contributed by atoms with E-state index in [9.17, 15) is 4.79 Å². The van der Waals surface area contributed by atoms with Crippen molar-refractivity contribution in [2.75, 3.05) is 18.9 Å². The minimum Gasteiger partial charge on any atom is -0.369 e. The number of carbonyl (C=O) groups is 1. The molecule has 5 nitrogen and oxygen atoms in total. The maximum absolute atomic E-state index is 11.2. The Labute approximate surface area is 102 Å². The SMILES string of the molecule is CCCCCCNc1ccc(C(=O)NC)nn1. The van der Waals surface area contributed by atoms with Crippen molar-refractivity contribution in [1.82, 2.24) is 15.5 Å². The van der Waals surface area contributed by atoms with Crippen molar-refractivity contribution in [3.8, 4) is 0 Å². The van der Waals surface area contributed by atoms with E-state index in [0.717, 1.165) is 13.0 Å². The Balaban J connectivity index is 2.33. The fourth-order valence-electron chi connectivity index (χ4n) is 1.44. The summed E-state index contributed by atoms with van der Waals surface area (Å²) in [7, 11) is 1.57. The molecule has 0 radical (unpaired) electrons. The third-order valence-corrected chi connectivity index (χ3v) is 2.46. The van der Waals surface area contributed by atoms with Crippen LogP contribution in [0.3, 0.4) is 0 Å². The highest BCUT2D eigenvalue weighted by molar-refractivity contribution is 5.91. The minimum absolute atomic E-state index is 0.216. The molecule has 0 saturated carbocycles. The average molecular weight is 236 g/mol. The molecule has 0 aliphatic rings. The van der Waals surface area contributed by atoms with Crippen LogP contribution in [0.5, 0.6) is 0 Å². The van der Waals surface area contributed by atoms with Crippen LogP contribution < -0.4 is 10.6 Å². The van der Waals surface area contributed by atoms with Gasteiger partial charge < -0.3 is 10.6 Å². The molecule has 0 atom stereocenters. The molecule has 0 aliphatic heterocycles. The molecule has 0 saturated heterocycles. The molecular formula is C12H20N4O. The number of hydrogen-bond acceptors (Lipinski definition) is 4. The largest absolute Gasteiger partial charge is 0.369 e. The lowest BCUT2D eigenvalue weighted by Gasteiger charge is -2.04. The standard InChI is InChI=1S/C12H20N4O/c1-3-4-5-6-9-14-11-8-7-10(15-16-11)12(17)13-2/h7-8H,3-6,9H2,1-2H3,(H,13,17)(H,14,16). The average Bonchev–Trinajstić information content (AvgIpc) is 2.38. The van der Waals surface area contributed by atoms with E-state index in [4.69, 9.17) is 0 Å². The van der Waals surface area contributed by atoms with Gasteiger partial charge in [-0.15, -0.1) is 10.2 Å². The quantitative estimate of drug-likeness (QED) is 0.709. The second-order valence-electron chi connectivity index (χ2n) is 3.87. The summed E-state index contributed by atoms with van der Waals surface area (Å²) in [6.07, 6.45) is 4.86. The normalized spacial score (nSPS) is 10.0. The van der Waals surface area contributed by atoms with Crippen LogP contribution in [-0.2, 0) is 0 Å². The van der Waals surface area contributed by atoms with Crippen molar-refractivity contribution in [2.45, 2.75) is 32.6 Å². The molecule has 2 N–H and O–H groups in total. The zero-order valence-corrected chi connectivity index (χ0v) is 10.5. The van der Waals surface area contributed by atoms with Crippen LogP contribution in [0.1, 0.15) is 43.1 Å².